The molecule has 0 fully saturated rings. The summed E-state index contributed by atoms with van der Waals surface area (Å²) >= 11 is 6.10. The van der Waals surface area contributed by atoms with E-state index in [1.165, 1.54) is 13.7 Å². The molecule has 0 unspecified atom stereocenters. The Balaban J connectivity index is 2.12. The predicted molar refractivity (Wildman–Crippen MR) is 238 cm³/mol. The second kappa shape index (κ2) is 14.9. The number of phenolic OH excluding ortho intramolecular Hbond substituents is 3. The van der Waals surface area contributed by atoms with Crippen molar-refractivity contribution in [2.24, 2.45) is 0 Å². The molecule has 0 spiro atoms. The van der Waals surface area contributed by atoms with Crippen molar-refractivity contribution in [1.29, 1.82) is 0 Å². The Hall–Kier alpha value is -4.11. The van der Waals surface area contributed by atoms with Crippen molar-refractivity contribution < 1.29 is 15.3 Å². The number of nitrogens with zero attached hydrogens (tertiary/aromatic N) is 3. The van der Waals surface area contributed by atoms with E-state index in [4.69, 9.17) is 12.2 Å². The third-order valence-corrected chi connectivity index (χ3v) is 11.2. The Morgan fingerprint density at radius 2 is 0.561 bits per heavy atom. The van der Waals surface area contributed by atoms with Gasteiger partial charge in [-0.15, -0.1) is 0 Å². The van der Waals surface area contributed by atoms with Crippen molar-refractivity contribution >= 4 is 12.2 Å². The van der Waals surface area contributed by atoms with E-state index in [-0.39, 0.29) is 41.7 Å². The lowest BCUT2D eigenvalue weighted by Crippen LogP contribution is -2.46. The zero-order valence-electron chi connectivity index (χ0n) is 38.0. The monoisotopic (exact) mass is 799 g/mol. The Labute approximate surface area is 346 Å². The first kappa shape index (κ1) is 45.6. The molecular weight excluding hydrogens is 731 g/mol. The van der Waals surface area contributed by atoms with Gasteiger partial charge in [-0.2, -0.15) is 0 Å². The number of hydrogen-bond donors (Lipinski definition) is 3. The van der Waals surface area contributed by atoms with Crippen LogP contribution in [0.2, 0.25) is 0 Å². The SMILES string of the molecule is CC(C)(C)c1cc(Cn2c(=O)n(Cc3cc(C(C)(C)C)c(O)c(C(C)(C)C)c3)c(=S)n(Cc3cc(C(C)(C)C)c(O)c(C(C)(C)C)c3)c2=O)cc(C(C)(C)C)c1O. The summed E-state index contributed by atoms with van der Waals surface area (Å²) in [7, 11) is 0. The number of phenols is 3. The summed E-state index contributed by atoms with van der Waals surface area (Å²) in [5.41, 5.74) is 3.21. The van der Waals surface area contributed by atoms with Crippen molar-refractivity contribution in [3.05, 3.63) is 112 Å². The number of hydrogen-bond acceptors (Lipinski definition) is 6. The van der Waals surface area contributed by atoms with E-state index in [1.54, 1.807) is 0 Å². The molecule has 1 aromatic heterocycles. The van der Waals surface area contributed by atoms with Gasteiger partial charge < -0.3 is 15.3 Å². The lowest BCUT2D eigenvalue weighted by atomic mass is 9.78. The molecule has 0 aliphatic carbocycles. The number of rotatable bonds is 6. The van der Waals surface area contributed by atoms with Crippen molar-refractivity contribution in [3.63, 3.8) is 0 Å². The van der Waals surface area contributed by atoms with Crippen LogP contribution in [-0.4, -0.2) is 29.0 Å². The normalized spacial score (nSPS) is 13.4. The van der Waals surface area contributed by atoms with Gasteiger partial charge in [-0.3, -0.25) is 9.13 Å². The minimum atomic E-state index is -0.553. The summed E-state index contributed by atoms with van der Waals surface area (Å²) in [4.78, 5) is 29.6. The average molecular weight is 800 g/mol. The maximum absolute atomic E-state index is 14.8. The van der Waals surface area contributed by atoms with E-state index in [0.29, 0.717) is 5.56 Å². The Morgan fingerprint density at radius 1 is 0.386 bits per heavy atom. The second-order valence-electron chi connectivity index (χ2n) is 22.2. The van der Waals surface area contributed by atoms with Crippen LogP contribution in [0, 0.1) is 4.77 Å². The molecule has 3 N–H and O–H groups in total. The van der Waals surface area contributed by atoms with Gasteiger partial charge in [0.1, 0.15) is 17.2 Å². The first-order valence-corrected chi connectivity index (χ1v) is 20.5. The molecule has 9 heteroatoms. The highest BCUT2D eigenvalue weighted by molar-refractivity contribution is 7.71. The molecule has 4 rings (SSSR count). The first-order valence-electron chi connectivity index (χ1n) is 20.1. The van der Waals surface area contributed by atoms with Crippen LogP contribution in [-0.2, 0) is 52.1 Å². The van der Waals surface area contributed by atoms with Gasteiger partial charge in [0, 0.05) is 0 Å². The minimum absolute atomic E-state index is 0.0498. The Bertz CT molecular complexity index is 1970. The smallest absolute Gasteiger partial charge is 0.335 e. The highest BCUT2D eigenvalue weighted by atomic mass is 32.1. The van der Waals surface area contributed by atoms with Crippen molar-refractivity contribution in [3.8, 4) is 17.2 Å². The molecule has 312 valence electrons. The lowest BCUT2D eigenvalue weighted by molar-refractivity contribution is 0.421. The van der Waals surface area contributed by atoms with Crippen LogP contribution in [0.25, 0.3) is 0 Å². The first-order chi connectivity index (χ1) is 25.5. The topological polar surface area (TPSA) is 110 Å². The highest BCUT2D eigenvalue weighted by Gasteiger charge is 2.30. The number of benzene rings is 3. The summed E-state index contributed by atoms with van der Waals surface area (Å²) in [6, 6.07) is 11.5. The van der Waals surface area contributed by atoms with Crippen LogP contribution in [0.15, 0.2) is 46.0 Å². The molecule has 57 heavy (non-hydrogen) atoms. The van der Waals surface area contributed by atoms with E-state index in [0.717, 1.165) is 44.5 Å². The molecule has 0 saturated carbocycles. The molecule has 0 saturated heterocycles. The average Bonchev–Trinajstić information content (AvgIpc) is 3.02. The van der Waals surface area contributed by atoms with Gasteiger partial charge in [-0.05, 0) is 131 Å². The van der Waals surface area contributed by atoms with E-state index in [1.807, 2.05) is 161 Å². The Kier molecular flexibility index (Phi) is 11.9. The quantitative estimate of drug-likeness (QED) is 0.168. The Morgan fingerprint density at radius 3 is 0.737 bits per heavy atom. The highest BCUT2D eigenvalue weighted by Crippen LogP contribution is 2.42. The fourth-order valence-corrected chi connectivity index (χ4v) is 7.71. The molecule has 1 heterocycles. The van der Waals surface area contributed by atoms with Crippen LogP contribution >= 0.6 is 12.2 Å². The maximum Gasteiger partial charge on any atom is 0.335 e. The van der Waals surface area contributed by atoms with Gasteiger partial charge in [0.05, 0.1) is 19.6 Å². The van der Waals surface area contributed by atoms with Gasteiger partial charge >= 0.3 is 11.4 Å². The molecule has 0 aliphatic heterocycles. The standard InChI is InChI=1S/C48H69N3O5S/c1-43(2,3)31-19-28(20-32(37(31)52)44(4,5)6)25-49-40(55)50(26-29-21-33(45(7,8)9)38(53)34(22-29)46(10,11)12)42(57)51(41(49)56)27-30-23-35(47(13,14)15)39(54)36(24-30)48(16,17)18/h19-24,52-54H,25-27H2,1-18H3. The molecule has 0 amide bonds. The number of aromatic hydroxyl groups is 3. The molecule has 0 atom stereocenters. The predicted octanol–water partition coefficient (Wildman–Crippen LogP) is 10.6. The molecule has 4 aromatic rings. The van der Waals surface area contributed by atoms with Gasteiger partial charge in [-0.1, -0.05) is 125 Å². The van der Waals surface area contributed by atoms with Crippen LogP contribution in [0.4, 0.5) is 0 Å². The maximum atomic E-state index is 14.8. The van der Waals surface area contributed by atoms with Gasteiger partial charge in [-0.25, -0.2) is 14.2 Å². The molecule has 0 radical (unpaired) electrons. The van der Waals surface area contributed by atoms with Crippen LogP contribution in [0.5, 0.6) is 17.2 Å². The summed E-state index contributed by atoms with van der Waals surface area (Å²) in [6.07, 6.45) is 0. The van der Waals surface area contributed by atoms with Crippen molar-refractivity contribution in [2.75, 3.05) is 0 Å². The summed E-state index contributed by atoms with van der Waals surface area (Å²) in [6.45, 7) is 36.8. The van der Waals surface area contributed by atoms with Crippen LogP contribution in [0.3, 0.4) is 0 Å². The summed E-state index contributed by atoms with van der Waals surface area (Å²) in [5.74, 6) is 0.684. The van der Waals surface area contributed by atoms with E-state index in [9.17, 15) is 24.9 Å². The molecule has 8 nitrogen and oxygen atoms in total. The van der Waals surface area contributed by atoms with Crippen molar-refractivity contribution in [1.82, 2.24) is 13.7 Å². The molecule has 0 aliphatic rings. The zero-order valence-corrected chi connectivity index (χ0v) is 38.8. The second-order valence-corrected chi connectivity index (χ2v) is 22.6. The summed E-state index contributed by atoms with van der Waals surface area (Å²) < 4.78 is 4.27. The third-order valence-electron chi connectivity index (χ3n) is 10.8. The number of aromatic nitrogens is 3. The molecule has 3 aromatic carbocycles. The van der Waals surface area contributed by atoms with Crippen molar-refractivity contribution in [2.45, 2.75) is 177 Å². The van der Waals surface area contributed by atoms with E-state index < -0.39 is 43.9 Å². The van der Waals surface area contributed by atoms with E-state index >= 15 is 0 Å². The van der Waals surface area contributed by atoms with Gasteiger partial charge in [0.15, 0.2) is 4.77 Å². The molecular formula is C48H69N3O5S. The van der Waals surface area contributed by atoms with E-state index in [2.05, 4.69) is 0 Å². The largest absolute Gasteiger partial charge is 0.507 e. The summed E-state index contributed by atoms with van der Waals surface area (Å²) in [5, 5.41) is 34.5. The fourth-order valence-electron chi connectivity index (χ4n) is 7.42. The van der Waals surface area contributed by atoms with Crippen LogP contribution in [0.1, 0.15) is 175 Å². The fraction of sp³-hybridized carbons (Fsp3) is 0.562. The third kappa shape index (κ3) is 9.62. The minimum Gasteiger partial charge on any atom is -0.507 e. The van der Waals surface area contributed by atoms with Crippen LogP contribution < -0.4 is 11.4 Å². The lowest BCUT2D eigenvalue weighted by Gasteiger charge is -2.29. The van der Waals surface area contributed by atoms with Gasteiger partial charge in [0.2, 0.25) is 0 Å². The van der Waals surface area contributed by atoms with Gasteiger partial charge in [0.25, 0.3) is 0 Å². The zero-order chi connectivity index (χ0) is 43.8. The molecule has 0 bridgehead atoms.